The molecule has 1 fully saturated rings. The van der Waals surface area contributed by atoms with E-state index in [0.717, 1.165) is 16.9 Å². The van der Waals surface area contributed by atoms with Crippen molar-refractivity contribution in [3.63, 3.8) is 0 Å². The molecule has 1 aliphatic heterocycles. The largest absolute Gasteiger partial charge is 0.352 e. The molecule has 0 aliphatic carbocycles. The Morgan fingerprint density at radius 3 is 3.00 bits per heavy atom. The number of nitrogens with zero attached hydrogens (tertiary/aromatic N) is 1. The van der Waals surface area contributed by atoms with Crippen LogP contribution in [0.3, 0.4) is 0 Å². The Hall–Kier alpha value is -1.42. The Morgan fingerprint density at radius 2 is 2.27 bits per heavy atom. The Labute approximate surface area is 91.1 Å². The van der Waals surface area contributed by atoms with Gasteiger partial charge in [-0.25, -0.2) is 4.98 Å². The molecule has 0 spiro atoms. The topological polar surface area (TPSA) is 42.0 Å². The van der Waals surface area contributed by atoms with Gasteiger partial charge in [0.2, 0.25) is 5.91 Å². The zero-order valence-electron chi connectivity index (χ0n) is 8.06. The van der Waals surface area contributed by atoms with Crippen LogP contribution in [-0.4, -0.2) is 16.9 Å². The fourth-order valence-electron chi connectivity index (χ4n) is 1.77. The van der Waals surface area contributed by atoms with Crippen LogP contribution in [-0.2, 0) is 11.2 Å². The number of hydrogen-bond donors (Lipinski definition) is 1. The zero-order valence-corrected chi connectivity index (χ0v) is 8.88. The second kappa shape index (κ2) is 3.31. The van der Waals surface area contributed by atoms with Gasteiger partial charge in [-0.1, -0.05) is 12.1 Å². The Bertz CT molecular complexity index is 479. The molecule has 0 saturated carbocycles. The number of hydrogen-bond acceptors (Lipinski definition) is 3. The summed E-state index contributed by atoms with van der Waals surface area (Å²) in [6.07, 6.45) is 1.51. The van der Waals surface area contributed by atoms with Crippen LogP contribution in [0.25, 0.3) is 10.2 Å². The summed E-state index contributed by atoms with van der Waals surface area (Å²) in [7, 11) is 0. The Morgan fingerprint density at radius 1 is 1.47 bits per heavy atom. The summed E-state index contributed by atoms with van der Waals surface area (Å²) in [5, 5.41) is 3.98. The second-order valence-corrected chi connectivity index (χ2v) is 4.86. The minimum Gasteiger partial charge on any atom is -0.352 e. The molecule has 3 nitrogen and oxygen atoms in total. The molecule has 1 N–H and O–H groups in total. The second-order valence-electron chi connectivity index (χ2n) is 3.75. The summed E-state index contributed by atoms with van der Waals surface area (Å²) in [6, 6.07) is 8.43. The van der Waals surface area contributed by atoms with Crippen LogP contribution < -0.4 is 5.32 Å². The molecule has 0 bridgehead atoms. The van der Waals surface area contributed by atoms with Crippen molar-refractivity contribution in [2.75, 3.05) is 0 Å². The third-order valence-corrected chi connectivity index (χ3v) is 3.61. The van der Waals surface area contributed by atoms with Gasteiger partial charge in [0, 0.05) is 18.9 Å². The van der Waals surface area contributed by atoms with Crippen LogP contribution in [0.1, 0.15) is 11.4 Å². The number of fused-ring (bicyclic) bond motifs is 1. The first kappa shape index (κ1) is 8.85. The van der Waals surface area contributed by atoms with Gasteiger partial charge in [-0.2, -0.15) is 0 Å². The molecule has 2 aromatic rings. The maximum absolute atomic E-state index is 10.7. The lowest BCUT2D eigenvalue weighted by molar-refractivity contribution is -0.128. The molecule has 1 aromatic carbocycles. The number of carbonyl (C=O) groups excluding carboxylic acids is 1. The van der Waals surface area contributed by atoms with E-state index in [4.69, 9.17) is 0 Å². The van der Waals surface area contributed by atoms with Crippen molar-refractivity contribution in [2.24, 2.45) is 0 Å². The molecular weight excluding hydrogens is 208 g/mol. The minimum absolute atomic E-state index is 0.154. The highest BCUT2D eigenvalue weighted by Crippen LogP contribution is 2.23. The van der Waals surface area contributed by atoms with Gasteiger partial charge in [0.05, 0.1) is 15.2 Å². The predicted octanol–water partition coefficient (Wildman–Crippen LogP) is 1.73. The van der Waals surface area contributed by atoms with Crippen molar-refractivity contribution in [3.05, 3.63) is 29.3 Å². The van der Waals surface area contributed by atoms with E-state index in [1.807, 2.05) is 18.2 Å². The number of aromatic nitrogens is 1. The van der Waals surface area contributed by atoms with E-state index in [0.29, 0.717) is 12.5 Å². The standard InChI is InChI=1S/C11H10N2OS/c14-10-5-7(12-10)6-11-13-8-3-1-2-4-9(8)15-11/h1-4,7H,5-6H2,(H,12,14). The highest BCUT2D eigenvalue weighted by Gasteiger charge is 2.26. The van der Waals surface area contributed by atoms with Crippen LogP contribution in [0.2, 0.25) is 0 Å². The molecule has 1 saturated heterocycles. The summed E-state index contributed by atoms with van der Waals surface area (Å²) in [6.45, 7) is 0. The number of β-lactam (4-membered cyclic amide) rings is 1. The van der Waals surface area contributed by atoms with E-state index < -0.39 is 0 Å². The van der Waals surface area contributed by atoms with Crippen molar-refractivity contribution in [1.82, 2.24) is 10.3 Å². The summed E-state index contributed by atoms with van der Waals surface area (Å²) in [4.78, 5) is 15.3. The molecule has 1 amide bonds. The zero-order chi connectivity index (χ0) is 10.3. The number of benzene rings is 1. The van der Waals surface area contributed by atoms with Crippen molar-refractivity contribution < 1.29 is 4.79 Å². The number of rotatable bonds is 2. The first-order chi connectivity index (χ1) is 7.31. The fraction of sp³-hybridized carbons (Fsp3) is 0.273. The van der Waals surface area contributed by atoms with E-state index in [2.05, 4.69) is 16.4 Å². The van der Waals surface area contributed by atoms with E-state index in [1.54, 1.807) is 11.3 Å². The first-order valence-electron chi connectivity index (χ1n) is 4.95. The van der Waals surface area contributed by atoms with Crippen molar-refractivity contribution in [2.45, 2.75) is 18.9 Å². The van der Waals surface area contributed by atoms with Crippen LogP contribution in [0.15, 0.2) is 24.3 Å². The number of nitrogens with one attached hydrogen (secondary N) is 1. The highest BCUT2D eigenvalue weighted by atomic mass is 32.1. The quantitative estimate of drug-likeness (QED) is 0.780. The van der Waals surface area contributed by atoms with Crippen LogP contribution in [0.5, 0.6) is 0 Å². The fourth-order valence-corrected chi connectivity index (χ4v) is 2.82. The smallest absolute Gasteiger partial charge is 0.222 e. The number of amides is 1. The third-order valence-electron chi connectivity index (χ3n) is 2.56. The van der Waals surface area contributed by atoms with E-state index in [9.17, 15) is 4.79 Å². The van der Waals surface area contributed by atoms with Crippen molar-refractivity contribution >= 4 is 27.5 Å². The van der Waals surface area contributed by atoms with E-state index in [1.165, 1.54) is 4.70 Å². The molecule has 1 atom stereocenters. The molecule has 0 radical (unpaired) electrons. The molecule has 76 valence electrons. The van der Waals surface area contributed by atoms with Gasteiger partial charge in [0.25, 0.3) is 0 Å². The molecule has 1 aromatic heterocycles. The summed E-state index contributed by atoms with van der Waals surface area (Å²) < 4.78 is 1.22. The van der Waals surface area contributed by atoms with Crippen molar-refractivity contribution in [1.29, 1.82) is 0 Å². The summed E-state index contributed by atoms with van der Waals surface area (Å²) in [5.41, 5.74) is 1.06. The SMILES string of the molecule is O=C1CC(Cc2nc3ccccc3s2)N1. The first-order valence-corrected chi connectivity index (χ1v) is 5.77. The number of para-hydroxylation sites is 1. The lowest BCUT2D eigenvalue weighted by Gasteiger charge is -2.25. The van der Waals surface area contributed by atoms with Crippen molar-refractivity contribution in [3.8, 4) is 0 Å². The molecule has 1 aliphatic rings. The van der Waals surface area contributed by atoms with Gasteiger partial charge in [0.15, 0.2) is 0 Å². The predicted molar refractivity (Wildman–Crippen MR) is 59.9 cm³/mol. The molecule has 3 rings (SSSR count). The van der Waals surface area contributed by atoms with Gasteiger partial charge in [-0.15, -0.1) is 11.3 Å². The summed E-state index contributed by atoms with van der Waals surface area (Å²) >= 11 is 1.71. The van der Waals surface area contributed by atoms with Crippen LogP contribution in [0, 0.1) is 0 Å². The maximum atomic E-state index is 10.7. The molecular formula is C11H10N2OS. The van der Waals surface area contributed by atoms with Crippen LogP contribution >= 0.6 is 11.3 Å². The Kier molecular flexibility index (Phi) is 1.95. The van der Waals surface area contributed by atoms with Gasteiger partial charge in [-0.05, 0) is 12.1 Å². The van der Waals surface area contributed by atoms with Gasteiger partial charge in [0.1, 0.15) is 0 Å². The maximum Gasteiger partial charge on any atom is 0.222 e. The summed E-state index contributed by atoms with van der Waals surface area (Å²) in [5.74, 6) is 0.154. The molecule has 4 heteroatoms. The minimum atomic E-state index is 0.154. The third kappa shape index (κ3) is 1.61. The van der Waals surface area contributed by atoms with Gasteiger partial charge >= 0.3 is 0 Å². The average Bonchev–Trinajstić information content (AvgIpc) is 2.57. The lowest BCUT2D eigenvalue weighted by atomic mass is 10.0. The van der Waals surface area contributed by atoms with Gasteiger partial charge < -0.3 is 5.32 Å². The normalized spacial score (nSPS) is 20.0. The van der Waals surface area contributed by atoms with Gasteiger partial charge in [-0.3, -0.25) is 4.79 Å². The lowest BCUT2D eigenvalue weighted by Crippen LogP contribution is -2.49. The monoisotopic (exact) mass is 218 g/mol. The highest BCUT2D eigenvalue weighted by molar-refractivity contribution is 7.18. The molecule has 1 unspecified atom stereocenters. The Balaban J connectivity index is 1.83. The van der Waals surface area contributed by atoms with E-state index >= 15 is 0 Å². The van der Waals surface area contributed by atoms with E-state index in [-0.39, 0.29) is 5.91 Å². The van der Waals surface area contributed by atoms with Crippen LogP contribution in [0.4, 0.5) is 0 Å². The number of thiazole rings is 1. The number of carbonyl (C=O) groups is 1. The average molecular weight is 218 g/mol. The molecule has 2 heterocycles. The molecule has 15 heavy (non-hydrogen) atoms.